The summed E-state index contributed by atoms with van der Waals surface area (Å²) >= 11 is 0. The van der Waals surface area contributed by atoms with Gasteiger partial charge in [0, 0.05) is 0 Å². The molecule has 0 aromatic rings. The monoisotopic (exact) mass is 274 g/mol. The molecule has 0 spiro atoms. The summed E-state index contributed by atoms with van der Waals surface area (Å²) in [7, 11) is 0. The number of hydrogen-bond acceptors (Lipinski definition) is 2. The Labute approximate surface area is 119 Å². The molecular weight excluding hydrogens is 240 g/mol. The van der Waals surface area contributed by atoms with Gasteiger partial charge in [-0.25, -0.2) is 0 Å². The Morgan fingerprint density at radius 1 is 0.895 bits per heavy atom. The van der Waals surface area contributed by atoms with Crippen molar-refractivity contribution < 1.29 is 15.0 Å². The Morgan fingerprint density at radius 2 is 1.47 bits per heavy atom. The summed E-state index contributed by atoms with van der Waals surface area (Å²) in [4.78, 5) is 10.4. The zero-order valence-electron chi connectivity index (χ0n) is 13.3. The van der Waals surface area contributed by atoms with Crippen LogP contribution in [-0.2, 0) is 4.79 Å². The third-order valence-corrected chi connectivity index (χ3v) is 3.36. The number of carboxylic acids is 1. The maximum Gasteiger partial charge on any atom is 0.306 e. The van der Waals surface area contributed by atoms with Crippen LogP contribution in [0.15, 0.2) is 0 Å². The van der Waals surface area contributed by atoms with Gasteiger partial charge in [0.05, 0.1) is 12.0 Å². The smallest absolute Gasteiger partial charge is 0.306 e. The highest BCUT2D eigenvalue weighted by molar-refractivity contribution is 5.69. The first kappa shape index (κ1) is 20.7. The van der Waals surface area contributed by atoms with E-state index in [-0.39, 0.29) is 12.0 Å². The molecule has 0 saturated carbocycles. The molecule has 0 aliphatic carbocycles. The van der Waals surface area contributed by atoms with E-state index in [4.69, 9.17) is 10.2 Å². The first-order chi connectivity index (χ1) is 9.03. The number of hydrogen-bond donors (Lipinski definition) is 2. The van der Waals surface area contributed by atoms with Crippen LogP contribution in [0, 0.1) is 5.92 Å². The van der Waals surface area contributed by atoms with Gasteiger partial charge in [0.1, 0.15) is 0 Å². The highest BCUT2D eigenvalue weighted by atomic mass is 16.4. The fourth-order valence-electron chi connectivity index (χ4n) is 1.79. The van der Waals surface area contributed by atoms with Crippen LogP contribution in [0.5, 0.6) is 0 Å². The molecule has 2 N–H and O–H groups in total. The summed E-state index contributed by atoms with van der Waals surface area (Å²) in [5.41, 5.74) is 0. The molecular formula is C16H34O3. The second-order valence-electron chi connectivity index (χ2n) is 5.14. The first-order valence-corrected chi connectivity index (χ1v) is 7.94. The van der Waals surface area contributed by atoms with Crippen molar-refractivity contribution in [1.29, 1.82) is 0 Å². The zero-order chi connectivity index (χ0) is 15.1. The van der Waals surface area contributed by atoms with Crippen molar-refractivity contribution in [2.24, 2.45) is 5.92 Å². The minimum Gasteiger partial charge on any atom is -0.481 e. The molecule has 0 amide bonds. The first-order valence-electron chi connectivity index (χ1n) is 7.94. The van der Waals surface area contributed by atoms with E-state index in [0.717, 1.165) is 38.5 Å². The molecule has 0 aromatic heterocycles. The van der Waals surface area contributed by atoms with Crippen LogP contribution >= 0.6 is 0 Å². The van der Waals surface area contributed by atoms with E-state index in [1.54, 1.807) is 0 Å². The van der Waals surface area contributed by atoms with Crippen molar-refractivity contribution in [3.05, 3.63) is 0 Å². The van der Waals surface area contributed by atoms with Gasteiger partial charge in [-0.3, -0.25) is 4.79 Å². The molecule has 0 aliphatic heterocycles. The van der Waals surface area contributed by atoms with Gasteiger partial charge < -0.3 is 10.2 Å². The van der Waals surface area contributed by atoms with Crippen LogP contribution in [0.2, 0.25) is 0 Å². The average molecular weight is 274 g/mol. The minimum absolute atomic E-state index is 0.0449. The number of unbranched alkanes of at least 4 members (excludes halogenated alkanes) is 3. The number of rotatable bonds is 10. The van der Waals surface area contributed by atoms with Gasteiger partial charge in [-0.1, -0.05) is 59.8 Å². The molecule has 0 radical (unpaired) electrons. The number of aliphatic hydroxyl groups excluding tert-OH is 1. The largest absolute Gasteiger partial charge is 0.481 e. The molecule has 3 heteroatoms. The summed E-state index contributed by atoms with van der Waals surface area (Å²) in [6, 6.07) is 0. The Kier molecular flexibility index (Phi) is 16.9. The zero-order valence-corrected chi connectivity index (χ0v) is 13.3. The molecule has 0 fully saturated rings. The normalized spacial score (nSPS) is 13.3. The van der Waals surface area contributed by atoms with E-state index >= 15 is 0 Å². The number of aliphatic hydroxyl groups is 1. The molecule has 0 heterocycles. The van der Waals surface area contributed by atoms with Gasteiger partial charge in [0.15, 0.2) is 0 Å². The highest BCUT2D eigenvalue weighted by Crippen LogP contribution is 2.11. The van der Waals surface area contributed by atoms with E-state index in [1.807, 2.05) is 13.8 Å². The topological polar surface area (TPSA) is 57.5 Å². The Morgan fingerprint density at radius 3 is 1.84 bits per heavy atom. The maximum absolute atomic E-state index is 10.4. The molecule has 0 bridgehead atoms. The molecule has 19 heavy (non-hydrogen) atoms. The van der Waals surface area contributed by atoms with Gasteiger partial charge in [0.2, 0.25) is 0 Å². The van der Waals surface area contributed by atoms with E-state index in [0.29, 0.717) is 0 Å². The summed E-state index contributed by atoms with van der Waals surface area (Å²) in [6.07, 6.45) is 9.26. The molecule has 0 aromatic carbocycles. The lowest BCUT2D eigenvalue weighted by atomic mass is 10.00. The van der Waals surface area contributed by atoms with Gasteiger partial charge in [-0.2, -0.15) is 0 Å². The van der Waals surface area contributed by atoms with Crippen molar-refractivity contribution in [3.63, 3.8) is 0 Å². The molecule has 0 saturated heterocycles. The van der Waals surface area contributed by atoms with E-state index in [9.17, 15) is 4.79 Å². The van der Waals surface area contributed by atoms with Gasteiger partial charge in [-0.05, 0) is 25.7 Å². The molecule has 116 valence electrons. The Balaban J connectivity index is 0. The predicted molar refractivity (Wildman–Crippen MR) is 81.4 cm³/mol. The van der Waals surface area contributed by atoms with Crippen LogP contribution in [0.1, 0.15) is 85.5 Å². The summed E-state index contributed by atoms with van der Waals surface area (Å²) in [6.45, 7) is 8.21. The third kappa shape index (κ3) is 15.4. The van der Waals surface area contributed by atoms with Gasteiger partial charge in [-0.15, -0.1) is 0 Å². The van der Waals surface area contributed by atoms with E-state index in [2.05, 4.69) is 13.8 Å². The summed E-state index contributed by atoms with van der Waals surface area (Å²) in [5.74, 6) is -0.754. The standard InChI is InChI=1S/C8H16O2.C8H18O/c1-3-5-6-7(4-2)8(9)10;1-3-5-6-7-8(9)4-2/h7H,3-6H2,1-2H3,(H,9,10);8-9H,3-7H2,1-2H3. The molecule has 2 atom stereocenters. The fourth-order valence-corrected chi connectivity index (χ4v) is 1.79. The second kappa shape index (κ2) is 15.5. The predicted octanol–water partition coefficient (Wildman–Crippen LogP) is 4.63. The minimum atomic E-state index is -0.643. The number of carboxylic acid groups (broad SMARTS) is 1. The van der Waals surface area contributed by atoms with Crippen LogP contribution in [-0.4, -0.2) is 22.3 Å². The van der Waals surface area contributed by atoms with Crippen LogP contribution < -0.4 is 0 Å². The van der Waals surface area contributed by atoms with Crippen molar-refractivity contribution in [1.82, 2.24) is 0 Å². The van der Waals surface area contributed by atoms with Crippen molar-refractivity contribution in [2.75, 3.05) is 0 Å². The number of carbonyl (C=O) groups is 1. The third-order valence-electron chi connectivity index (χ3n) is 3.36. The van der Waals surface area contributed by atoms with E-state index < -0.39 is 5.97 Å². The molecule has 0 aliphatic rings. The molecule has 3 nitrogen and oxygen atoms in total. The molecule has 2 unspecified atom stereocenters. The van der Waals surface area contributed by atoms with Gasteiger partial charge in [0.25, 0.3) is 0 Å². The van der Waals surface area contributed by atoms with Crippen LogP contribution in [0.25, 0.3) is 0 Å². The van der Waals surface area contributed by atoms with E-state index in [1.165, 1.54) is 19.3 Å². The SMILES string of the molecule is CCCCC(CC)C(=O)O.CCCCCC(O)CC. The van der Waals surface area contributed by atoms with Crippen molar-refractivity contribution >= 4 is 5.97 Å². The molecule has 0 rings (SSSR count). The van der Waals surface area contributed by atoms with Crippen molar-refractivity contribution in [2.45, 2.75) is 91.6 Å². The second-order valence-corrected chi connectivity index (χ2v) is 5.14. The highest BCUT2D eigenvalue weighted by Gasteiger charge is 2.12. The lowest BCUT2D eigenvalue weighted by molar-refractivity contribution is -0.142. The number of aliphatic carboxylic acids is 1. The van der Waals surface area contributed by atoms with Gasteiger partial charge >= 0.3 is 5.97 Å². The summed E-state index contributed by atoms with van der Waals surface area (Å²) in [5, 5.41) is 17.7. The maximum atomic E-state index is 10.4. The summed E-state index contributed by atoms with van der Waals surface area (Å²) < 4.78 is 0. The van der Waals surface area contributed by atoms with Crippen molar-refractivity contribution in [3.8, 4) is 0 Å². The van der Waals surface area contributed by atoms with Crippen LogP contribution in [0.3, 0.4) is 0 Å². The fraction of sp³-hybridized carbons (Fsp3) is 0.938. The Bertz CT molecular complexity index is 192. The Hall–Kier alpha value is -0.570. The van der Waals surface area contributed by atoms with Crippen LogP contribution in [0.4, 0.5) is 0 Å². The quantitative estimate of drug-likeness (QED) is 0.571. The lowest BCUT2D eigenvalue weighted by Gasteiger charge is -2.06. The average Bonchev–Trinajstić information content (AvgIpc) is 2.40. The lowest BCUT2D eigenvalue weighted by Crippen LogP contribution is -2.11.